The Bertz CT molecular complexity index is 1280. The Morgan fingerprint density at radius 1 is 1.07 bits per heavy atom. The number of hydrogen-bond donors (Lipinski definition) is 1. The van der Waals surface area contributed by atoms with Crippen molar-refractivity contribution in [2.45, 2.75) is 20.0 Å². The molecular weight excluding hydrogens is 374 g/mol. The van der Waals surface area contributed by atoms with Crippen LogP contribution in [-0.4, -0.2) is 6.73 Å². The number of nitrogens with one attached hydrogen (secondary N) is 1. The maximum atomic E-state index is 12.6. The molecule has 2 heterocycles. The predicted molar refractivity (Wildman–Crippen MR) is 110 cm³/mol. The van der Waals surface area contributed by atoms with Crippen molar-refractivity contribution < 1.29 is 14.1 Å². The van der Waals surface area contributed by atoms with E-state index in [0.717, 1.165) is 44.8 Å². The molecule has 5 heteroatoms. The summed E-state index contributed by atoms with van der Waals surface area (Å²) in [4.78, 5) is 13.8. The molecule has 140 valence electrons. The van der Waals surface area contributed by atoms with Crippen molar-refractivity contribution in [3.05, 3.63) is 86.7 Å². The van der Waals surface area contributed by atoms with Crippen LogP contribution in [0.1, 0.15) is 16.7 Å². The van der Waals surface area contributed by atoms with Gasteiger partial charge in [0.1, 0.15) is 18.8 Å². The van der Waals surface area contributed by atoms with E-state index in [1.165, 1.54) is 4.90 Å². The summed E-state index contributed by atoms with van der Waals surface area (Å²) in [6.45, 7) is 4.02. The molecule has 0 fully saturated rings. The number of benzene rings is 3. The van der Waals surface area contributed by atoms with E-state index in [4.69, 9.17) is 20.8 Å². The van der Waals surface area contributed by atoms with E-state index in [1.807, 2.05) is 55.5 Å². The first-order valence-electron chi connectivity index (χ1n) is 9.29. The molecule has 0 radical (unpaired) electrons. The molecule has 3 aromatic carbocycles. The monoisotopic (exact) mass is 392 g/mol. The van der Waals surface area contributed by atoms with Gasteiger partial charge in [-0.25, -0.2) is 4.79 Å². The maximum absolute atomic E-state index is 12.6. The van der Waals surface area contributed by atoms with Gasteiger partial charge in [-0.3, -0.25) is 4.90 Å². The number of rotatable bonds is 2. The third-order valence-electron chi connectivity index (χ3n) is 5.41. The average Bonchev–Trinajstić information content (AvgIpc) is 2.70. The highest BCUT2D eigenvalue weighted by atomic mass is 35.5. The first-order valence-corrected chi connectivity index (χ1v) is 9.67. The van der Waals surface area contributed by atoms with E-state index in [-0.39, 0.29) is 5.63 Å². The fourth-order valence-electron chi connectivity index (χ4n) is 4.07. The van der Waals surface area contributed by atoms with Crippen LogP contribution in [0.3, 0.4) is 0 Å². The number of hydrogen-bond acceptors (Lipinski definition) is 3. The van der Waals surface area contributed by atoms with Gasteiger partial charge in [0.25, 0.3) is 0 Å². The minimum atomic E-state index is -0.311. The molecule has 0 amide bonds. The topological polar surface area (TPSA) is 43.9 Å². The van der Waals surface area contributed by atoms with Crippen molar-refractivity contribution in [2.75, 3.05) is 6.73 Å². The molecule has 4 aromatic rings. The molecule has 0 saturated carbocycles. The molecule has 1 aliphatic heterocycles. The third kappa shape index (κ3) is 2.77. The van der Waals surface area contributed by atoms with Gasteiger partial charge in [0.2, 0.25) is 6.73 Å². The van der Waals surface area contributed by atoms with E-state index in [2.05, 4.69) is 6.07 Å². The van der Waals surface area contributed by atoms with Crippen LogP contribution in [0, 0.1) is 6.92 Å². The number of ether oxygens (including phenoxy) is 1. The van der Waals surface area contributed by atoms with E-state index < -0.39 is 0 Å². The Morgan fingerprint density at radius 2 is 1.82 bits per heavy atom. The molecule has 5 rings (SSSR count). The predicted octanol–water partition coefficient (Wildman–Crippen LogP) is 3.84. The third-order valence-corrected chi connectivity index (χ3v) is 5.78. The SMILES string of the molecule is Cc1cc2c(c3oc(=O)c4ccccc4c13)C[NH+](Cc1ccccc1Cl)CO2. The second-order valence-corrected chi connectivity index (χ2v) is 7.70. The molecular formula is C23H19ClNO3+. The van der Waals surface area contributed by atoms with Crippen LogP contribution in [0.25, 0.3) is 21.7 Å². The van der Waals surface area contributed by atoms with Crippen LogP contribution >= 0.6 is 11.6 Å². The minimum absolute atomic E-state index is 0.311. The molecule has 0 aliphatic carbocycles. The second-order valence-electron chi connectivity index (χ2n) is 7.29. The van der Waals surface area contributed by atoms with Gasteiger partial charge >= 0.3 is 5.63 Å². The Balaban J connectivity index is 1.65. The van der Waals surface area contributed by atoms with Crippen molar-refractivity contribution in [1.82, 2.24) is 0 Å². The lowest BCUT2D eigenvalue weighted by Gasteiger charge is -2.27. The lowest BCUT2D eigenvalue weighted by atomic mass is 9.99. The van der Waals surface area contributed by atoms with Crippen LogP contribution < -0.4 is 15.3 Å². The highest BCUT2D eigenvalue weighted by Crippen LogP contribution is 2.35. The van der Waals surface area contributed by atoms with Crippen LogP contribution in [0.15, 0.2) is 63.8 Å². The van der Waals surface area contributed by atoms with Crippen LogP contribution in [-0.2, 0) is 13.1 Å². The number of quaternary nitrogens is 1. The Kier molecular flexibility index (Phi) is 4.11. The first kappa shape index (κ1) is 17.3. The molecule has 4 nitrogen and oxygen atoms in total. The van der Waals surface area contributed by atoms with Gasteiger partial charge in [-0.15, -0.1) is 0 Å². The van der Waals surface area contributed by atoms with Gasteiger partial charge in [0.05, 0.1) is 10.9 Å². The van der Waals surface area contributed by atoms with Gasteiger partial charge in [0, 0.05) is 21.4 Å². The molecule has 1 aliphatic rings. The molecule has 0 bridgehead atoms. The molecule has 0 spiro atoms. The molecule has 28 heavy (non-hydrogen) atoms. The summed E-state index contributed by atoms with van der Waals surface area (Å²) in [5.74, 6) is 0.798. The lowest BCUT2D eigenvalue weighted by Crippen LogP contribution is -3.10. The Labute approximate surface area is 166 Å². The molecule has 0 saturated heterocycles. The fraction of sp³-hybridized carbons (Fsp3) is 0.174. The summed E-state index contributed by atoms with van der Waals surface area (Å²) in [6, 6.07) is 17.5. The van der Waals surface area contributed by atoms with Crippen molar-refractivity contribution in [3.8, 4) is 5.75 Å². The standard InChI is InChI=1S/C23H18ClNO3/c1-14-10-20-18(12-25(13-27-20)11-15-6-2-5-9-19(15)24)22-21(14)16-7-3-4-8-17(16)23(26)28-22/h2-10H,11-13H2,1H3/p+1. The zero-order chi connectivity index (χ0) is 19.3. The van der Waals surface area contributed by atoms with Crippen LogP contribution in [0.2, 0.25) is 5.02 Å². The van der Waals surface area contributed by atoms with Crippen LogP contribution in [0.5, 0.6) is 5.75 Å². The average molecular weight is 393 g/mol. The molecule has 1 aromatic heterocycles. The number of fused-ring (bicyclic) bond motifs is 5. The molecule has 1 N–H and O–H groups in total. The minimum Gasteiger partial charge on any atom is -0.445 e. The first-order chi connectivity index (χ1) is 13.6. The van der Waals surface area contributed by atoms with Crippen molar-refractivity contribution in [2.24, 2.45) is 0 Å². The normalized spacial score (nSPS) is 16.1. The maximum Gasteiger partial charge on any atom is 0.344 e. The van der Waals surface area contributed by atoms with Gasteiger partial charge in [0.15, 0.2) is 5.58 Å². The zero-order valence-electron chi connectivity index (χ0n) is 15.4. The van der Waals surface area contributed by atoms with E-state index in [0.29, 0.717) is 24.2 Å². The zero-order valence-corrected chi connectivity index (χ0v) is 16.2. The van der Waals surface area contributed by atoms with Crippen molar-refractivity contribution >= 4 is 33.3 Å². The summed E-state index contributed by atoms with van der Waals surface area (Å²) in [5, 5.41) is 3.27. The van der Waals surface area contributed by atoms with Gasteiger partial charge < -0.3 is 9.15 Å². The van der Waals surface area contributed by atoms with Crippen molar-refractivity contribution in [1.29, 1.82) is 0 Å². The Morgan fingerprint density at radius 3 is 2.64 bits per heavy atom. The molecule has 1 atom stereocenters. The van der Waals surface area contributed by atoms with E-state index in [1.54, 1.807) is 0 Å². The highest BCUT2D eigenvalue weighted by molar-refractivity contribution is 6.31. The summed E-state index contributed by atoms with van der Waals surface area (Å²) in [6.07, 6.45) is 0. The number of aryl methyl sites for hydroxylation is 1. The smallest absolute Gasteiger partial charge is 0.344 e. The van der Waals surface area contributed by atoms with Crippen molar-refractivity contribution in [3.63, 3.8) is 0 Å². The van der Waals surface area contributed by atoms with Gasteiger partial charge in [-0.1, -0.05) is 48.0 Å². The van der Waals surface area contributed by atoms with E-state index >= 15 is 0 Å². The summed E-state index contributed by atoms with van der Waals surface area (Å²) in [5.41, 5.74) is 3.39. The largest absolute Gasteiger partial charge is 0.445 e. The molecule has 1 unspecified atom stereocenters. The lowest BCUT2D eigenvalue weighted by molar-refractivity contribution is -0.945. The van der Waals surface area contributed by atoms with Gasteiger partial charge in [-0.05, 0) is 30.7 Å². The van der Waals surface area contributed by atoms with Gasteiger partial charge in [-0.2, -0.15) is 0 Å². The van der Waals surface area contributed by atoms with E-state index in [9.17, 15) is 4.79 Å². The summed E-state index contributed by atoms with van der Waals surface area (Å²) < 4.78 is 11.8. The summed E-state index contributed by atoms with van der Waals surface area (Å²) >= 11 is 6.33. The summed E-state index contributed by atoms with van der Waals surface area (Å²) in [7, 11) is 0. The second kappa shape index (κ2) is 6.66. The fourth-order valence-corrected chi connectivity index (χ4v) is 4.28. The van der Waals surface area contributed by atoms with Crippen LogP contribution in [0.4, 0.5) is 0 Å². The highest BCUT2D eigenvalue weighted by Gasteiger charge is 2.26. The number of halogens is 1. The Hall–Kier alpha value is -2.82. The quantitative estimate of drug-likeness (QED) is 0.416.